The van der Waals surface area contributed by atoms with Crippen molar-refractivity contribution in [2.75, 3.05) is 0 Å². The minimum Gasteiger partial charge on any atom is -0.201 e. The molecule has 2 aromatic carbocycles. The average Bonchev–Trinajstić information content (AvgIpc) is 2.61. The van der Waals surface area contributed by atoms with Crippen molar-refractivity contribution in [2.45, 2.75) is 46.2 Å². The van der Waals surface area contributed by atoms with Crippen molar-refractivity contribution in [1.82, 2.24) is 0 Å². The number of pyridine rings is 1. The topological polar surface area (TPSA) is 3.88 Å². The van der Waals surface area contributed by atoms with Crippen molar-refractivity contribution >= 4 is 18.4 Å². The fourth-order valence-electron chi connectivity index (χ4n) is 5.07. The van der Waals surface area contributed by atoms with Crippen molar-refractivity contribution in [2.24, 2.45) is 7.05 Å². The number of nitrogens with zero attached hydrogens (tertiary/aromatic N) is 1. The zero-order valence-corrected chi connectivity index (χ0v) is 18.6. The normalized spacial score (nSPS) is 16.6. The van der Waals surface area contributed by atoms with Gasteiger partial charge in [-0.25, -0.2) is 4.57 Å². The van der Waals surface area contributed by atoms with E-state index >= 15 is 0 Å². The smallest absolute Gasteiger partial charge is 0.201 e. The highest BCUT2D eigenvalue weighted by atomic mass is 28.3. The lowest BCUT2D eigenvalue weighted by atomic mass is 9.74. The van der Waals surface area contributed by atoms with Crippen LogP contribution in [0.25, 0.3) is 11.3 Å². The molecule has 1 aliphatic rings. The molecule has 4 rings (SSSR count). The van der Waals surface area contributed by atoms with Crippen molar-refractivity contribution < 1.29 is 4.57 Å². The van der Waals surface area contributed by atoms with Crippen molar-refractivity contribution in [3.63, 3.8) is 0 Å². The average molecular weight is 373 g/mol. The first kappa shape index (κ1) is 18.2. The van der Waals surface area contributed by atoms with E-state index in [9.17, 15) is 0 Å². The van der Waals surface area contributed by atoms with Crippen LogP contribution in [0, 0.1) is 13.8 Å². The van der Waals surface area contributed by atoms with Gasteiger partial charge in [-0.3, -0.25) is 0 Å². The van der Waals surface area contributed by atoms with Gasteiger partial charge in [0.1, 0.15) is 15.1 Å². The highest BCUT2D eigenvalue weighted by Gasteiger charge is 2.45. The van der Waals surface area contributed by atoms with Crippen LogP contribution in [-0.4, -0.2) is 8.07 Å². The molecule has 2 heteroatoms. The molecule has 138 valence electrons. The Hall–Kier alpha value is -2.19. The summed E-state index contributed by atoms with van der Waals surface area (Å²) in [4.78, 5) is 0. The number of hydrogen-bond acceptors (Lipinski definition) is 0. The first-order valence-electron chi connectivity index (χ1n) is 9.87. The summed E-state index contributed by atoms with van der Waals surface area (Å²) in [7, 11) is 0.429. The van der Waals surface area contributed by atoms with Gasteiger partial charge < -0.3 is 0 Å². The van der Waals surface area contributed by atoms with Crippen LogP contribution in [0.2, 0.25) is 13.1 Å². The van der Waals surface area contributed by atoms with Crippen LogP contribution in [0.15, 0.2) is 54.7 Å². The summed E-state index contributed by atoms with van der Waals surface area (Å²) in [6.07, 6.45) is 2.24. The van der Waals surface area contributed by atoms with E-state index in [1.807, 2.05) is 0 Å². The van der Waals surface area contributed by atoms with Crippen LogP contribution in [0.5, 0.6) is 0 Å². The van der Waals surface area contributed by atoms with Crippen LogP contribution in [0.1, 0.15) is 36.1 Å². The van der Waals surface area contributed by atoms with Crippen LogP contribution < -0.4 is 14.9 Å². The molecule has 0 amide bonds. The Labute approximate surface area is 164 Å². The van der Waals surface area contributed by atoms with Crippen LogP contribution >= 0.6 is 0 Å². The fraction of sp³-hybridized carbons (Fsp3) is 0.320. The van der Waals surface area contributed by atoms with Gasteiger partial charge in [0, 0.05) is 17.0 Å². The first-order chi connectivity index (χ1) is 12.7. The third-order valence-electron chi connectivity index (χ3n) is 6.52. The molecule has 1 nitrogen and oxygen atoms in total. The van der Waals surface area contributed by atoms with E-state index in [0.717, 1.165) is 0 Å². The van der Waals surface area contributed by atoms with Gasteiger partial charge in [-0.05, 0) is 41.8 Å². The molecule has 0 radical (unpaired) electrons. The maximum atomic E-state index is 2.51. The molecule has 0 fully saturated rings. The van der Waals surface area contributed by atoms with Crippen LogP contribution in [-0.2, 0) is 12.5 Å². The number of aryl methyl sites for hydroxylation is 3. The Balaban J connectivity index is 2.13. The van der Waals surface area contributed by atoms with Gasteiger partial charge in [-0.15, -0.1) is 0 Å². The largest absolute Gasteiger partial charge is 0.212 e. The Kier molecular flexibility index (Phi) is 3.97. The van der Waals surface area contributed by atoms with Gasteiger partial charge >= 0.3 is 0 Å². The Morgan fingerprint density at radius 3 is 2.26 bits per heavy atom. The minimum atomic E-state index is -1.75. The summed E-state index contributed by atoms with van der Waals surface area (Å²) in [5, 5.41) is 3.18. The molecule has 1 aromatic heterocycles. The third kappa shape index (κ3) is 2.54. The first-order valence-corrected chi connectivity index (χ1v) is 12.9. The van der Waals surface area contributed by atoms with E-state index in [2.05, 4.69) is 107 Å². The van der Waals surface area contributed by atoms with E-state index < -0.39 is 8.07 Å². The molecule has 0 aliphatic carbocycles. The summed E-state index contributed by atoms with van der Waals surface area (Å²) in [6, 6.07) is 18.4. The van der Waals surface area contributed by atoms with E-state index in [-0.39, 0.29) is 5.41 Å². The van der Waals surface area contributed by atoms with Gasteiger partial charge in [-0.1, -0.05) is 68.5 Å². The second kappa shape index (κ2) is 5.90. The minimum absolute atomic E-state index is 0.00626. The Bertz CT molecular complexity index is 1060. The summed E-state index contributed by atoms with van der Waals surface area (Å²) < 4.78 is 2.29. The van der Waals surface area contributed by atoms with E-state index in [4.69, 9.17) is 0 Å². The number of aromatic nitrogens is 1. The lowest BCUT2D eigenvalue weighted by Gasteiger charge is -2.44. The van der Waals surface area contributed by atoms with E-state index in [0.29, 0.717) is 0 Å². The van der Waals surface area contributed by atoms with Crippen molar-refractivity contribution in [3.05, 3.63) is 77.0 Å². The lowest BCUT2D eigenvalue weighted by molar-refractivity contribution is -0.660. The van der Waals surface area contributed by atoms with Gasteiger partial charge in [-0.2, -0.15) is 0 Å². The van der Waals surface area contributed by atoms with Crippen LogP contribution in [0.4, 0.5) is 0 Å². The zero-order valence-electron chi connectivity index (χ0n) is 17.6. The number of benzene rings is 2. The summed E-state index contributed by atoms with van der Waals surface area (Å²) in [5.74, 6) is 0. The van der Waals surface area contributed by atoms with Gasteiger partial charge in [0.15, 0.2) is 6.20 Å². The quantitative estimate of drug-likeness (QED) is 0.444. The summed E-state index contributed by atoms with van der Waals surface area (Å²) in [5.41, 5.74) is 8.44. The highest BCUT2D eigenvalue weighted by Crippen LogP contribution is 2.41. The number of rotatable bonds is 1. The SMILES string of the molecule is Cc1ccc(-c2c(C)ccc3c2C(C)(C)c2ccccc2[Si]3(C)C)[n+](C)c1. The van der Waals surface area contributed by atoms with E-state index in [1.165, 1.54) is 33.5 Å². The van der Waals surface area contributed by atoms with Crippen molar-refractivity contribution in [1.29, 1.82) is 0 Å². The molecule has 0 saturated heterocycles. The predicted molar refractivity (Wildman–Crippen MR) is 118 cm³/mol. The second-order valence-electron chi connectivity index (χ2n) is 9.18. The second-order valence-corrected chi connectivity index (χ2v) is 13.5. The molecular weight excluding hydrogens is 342 g/mol. The van der Waals surface area contributed by atoms with E-state index in [1.54, 1.807) is 10.4 Å². The molecule has 2 heterocycles. The lowest BCUT2D eigenvalue weighted by Crippen LogP contribution is -2.62. The van der Waals surface area contributed by atoms with Crippen LogP contribution in [0.3, 0.4) is 0 Å². The number of hydrogen-bond donors (Lipinski definition) is 0. The summed E-state index contributed by atoms with van der Waals surface area (Å²) >= 11 is 0. The fourth-order valence-corrected chi connectivity index (χ4v) is 8.50. The highest BCUT2D eigenvalue weighted by molar-refractivity contribution is 7.01. The molecule has 0 N–H and O–H groups in total. The molecule has 0 saturated carbocycles. The Morgan fingerprint density at radius 1 is 0.852 bits per heavy atom. The molecule has 0 unspecified atom stereocenters. The Morgan fingerprint density at radius 2 is 1.56 bits per heavy atom. The molecule has 0 spiro atoms. The summed E-state index contributed by atoms with van der Waals surface area (Å²) in [6.45, 7) is 14.3. The standard InChI is InChI=1S/C25H30NSi/c1-17-12-14-20(26(5)16-17)23-18(2)13-15-22-24(23)25(3,4)19-10-8-9-11-21(19)27(22,6)7/h8-16H,1-7H3/q+1. The van der Waals surface area contributed by atoms with Gasteiger partial charge in [0.25, 0.3) is 0 Å². The maximum Gasteiger partial charge on any atom is 0.212 e. The molecular formula is C25H30NSi+. The molecule has 3 aromatic rings. The monoisotopic (exact) mass is 372 g/mol. The van der Waals surface area contributed by atoms with Crippen molar-refractivity contribution in [3.8, 4) is 11.3 Å². The van der Waals surface area contributed by atoms with Gasteiger partial charge in [0.05, 0.1) is 5.56 Å². The maximum absolute atomic E-state index is 2.51. The van der Waals surface area contributed by atoms with Gasteiger partial charge in [0.2, 0.25) is 5.69 Å². The molecule has 27 heavy (non-hydrogen) atoms. The molecule has 1 aliphatic heterocycles. The predicted octanol–water partition coefficient (Wildman–Crippen LogP) is 4.26. The number of fused-ring (bicyclic) bond motifs is 2. The molecule has 0 atom stereocenters. The molecule has 0 bridgehead atoms. The third-order valence-corrected chi connectivity index (χ3v) is 10.1. The zero-order chi connectivity index (χ0) is 19.6.